The third-order valence-electron chi connectivity index (χ3n) is 1.42. The van der Waals surface area contributed by atoms with Gasteiger partial charge in [0.05, 0.1) is 11.9 Å². The van der Waals surface area contributed by atoms with E-state index in [2.05, 4.69) is 16.7 Å². The Hall–Kier alpha value is -1.48. The third kappa shape index (κ3) is 1.18. The molecule has 1 aliphatic rings. The van der Waals surface area contributed by atoms with Gasteiger partial charge in [-0.1, -0.05) is 23.8 Å². The second kappa shape index (κ2) is 2.64. The van der Waals surface area contributed by atoms with E-state index in [4.69, 9.17) is 0 Å². The molecule has 0 aromatic heterocycles. The van der Waals surface area contributed by atoms with Gasteiger partial charge in [-0.15, -0.1) is 0 Å². The van der Waals surface area contributed by atoms with Gasteiger partial charge in [-0.3, -0.25) is 0 Å². The van der Waals surface area contributed by atoms with Crippen LogP contribution in [0.3, 0.4) is 0 Å². The Bertz CT molecular complexity index is 258. The molecular formula is C8H7N2O. The zero-order valence-electron chi connectivity index (χ0n) is 5.82. The Morgan fingerprint density at radius 1 is 1.27 bits per heavy atom. The molecule has 0 spiro atoms. The zero-order chi connectivity index (χ0) is 7.52. The van der Waals surface area contributed by atoms with Crippen LogP contribution in [0.2, 0.25) is 0 Å². The summed E-state index contributed by atoms with van der Waals surface area (Å²) in [6.07, 6.45) is 4.25. The first-order valence-electron chi connectivity index (χ1n) is 3.31. The number of nitrogens with zero attached hydrogens (tertiary/aromatic N) is 1. The Balaban J connectivity index is 2.23. The number of benzene rings is 1. The van der Waals surface area contributed by atoms with E-state index in [-0.39, 0.29) is 0 Å². The van der Waals surface area contributed by atoms with Crippen molar-refractivity contribution in [2.45, 2.75) is 0 Å². The van der Waals surface area contributed by atoms with Crippen molar-refractivity contribution in [1.29, 1.82) is 0 Å². The number of hydrogen-bond acceptors (Lipinski definition) is 3. The van der Waals surface area contributed by atoms with Gasteiger partial charge in [0.15, 0.2) is 0 Å². The Morgan fingerprint density at radius 2 is 2.09 bits per heavy atom. The predicted octanol–water partition coefficient (Wildman–Crippen LogP) is 1.22. The molecule has 0 atom stereocenters. The highest BCUT2D eigenvalue weighted by atomic mass is 16.7. The van der Waals surface area contributed by atoms with Crippen molar-refractivity contribution >= 4 is 5.69 Å². The first-order chi connectivity index (χ1) is 5.47. The molecule has 55 valence electrons. The second-order valence-electron chi connectivity index (χ2n) is 2.15. The molecule has 1 aromatic carbocycles. The van der Waals surface area contributed by atoms with Crippen molar-refractivity contribution in [1.82, 2.24) is 5.59 Å². The molecule has 3 heteroatoms. The van der Waals surface area contributed by atoms with Gasteiger partial charge in [0, 0.05) is 0 Å². The molecule has 0 unspecified atom stereocenters. The lowest BCUT2D eigenvalue weighted by molar-refractivity contribution is 0.142. The highest BCUT2D eigenvalue weighted by Gasteiger charge is 2.05. The molecule has 0 saturated heterocycles. The number of hydrogen-bond donors (Lipinski definition) is 1. The van der Waals surface area contributed by atoms with Crippen LogP contribution in [0.1, 0.15) is 0 Å². The number of rotatable bonds is 1. The maximum absolute atomic E-state index is 4.68. The van der Waals surface area contributed by atoms with Crippen LogP contribution in [0.5, 0.6) is 0 Å². The summed E-state index contributed by atoms with van der Waals surface area (Å²) in [4.78, 5) is 4.68. The van der Waals surface area contributed by atoms with Gasteiger partial charge in [0.25, 0.3) is 0 Å². The van der Waals surface area contributed by atoms with Crippen molar-refractivity contribution in [2.24, 2.45) is 0 Å². The van der Waals surface area contributed by atoms with Crippen LogP contribution in [0, 0.1) is 6.26 Å². The molecule has 2 rings (SSSR count). The largest absolute Gasteiger partial charge is 0.383 e. The third-order valence-corrected chi connectivity index (χ3v) is 1.42. The minimum absolute atomic E-state index is 1.03. The highest BCUT2D eigenvalue weighted by molar-refractivity contribution is 5.47. The van der Waals surface area contributed by atoms with Gasteiger partial charge in [-0.05, 0) is 12.1 Å². The molecule has 0 saturated carbocycles. The first kappa shape index (κ1) is 6.24. The lowest BCUT2D eigenvalue weighted by atomic mass is 10.3. The van der Waals surface area contributed by atoms with Gasteiger partial charge in [0.2, 0.25) is 6.26 Å². The highest BCUT2D eigenvalue weighted by Crippen LogP contribution is 2.12. The van der Waals surface area contributed by atoms with Crippen molar-refractivity contribution in [3.05, 3.63) is 42.8 Å². The Kier molecular flexibility index (Phi) is 1.50. The second-order valence-corrected chi connectivity index (χ2v) is 2.15. The molecule has 0 fully saturated rings. The molecule has 1 N–H and O–H groups in total. The van der Waals surface area contributed by atoms with Crippen LogP contribution >= 0.6 is 0 Å². The van der Waals surface area contributed by atoms with E-state index in [9.17, 15) is 0 Å². The van der Waals surface area contributed by atoms with E-state index in [1.807, 2.05) is 30.3 Å². The monoisotopic (exact) mass is 147 g/mol. The van der Waals surface area contributed by atoms with Gasteiger partial charge in [-0.2, -0.15) is 0 Å². The molecule has 0 amide bonds. The van der Waals surface area contributed by atoms with Gasteiger partial charge in [0.1, 0.15) is 0 Å². The summed E-state index contributed by atoms with van der Waals surface area (Å²) in [6, 6.07) is 9.83. The smallest absolute Gasteiger partial charge is 0.213 e. The first-order valence-corrected chi connectivity index (χ1v) is 3.31. The SMILES string of the molecule is [C]1=CN(c2ccccc2)NO1. The van der Waals surface area contributed by atoms with E-state index < -0.39 is 0 Å². The lowest BCUT2D eigenvalue weighted by Gasteiger charge is -2.12. The summed E-state index contributed by atoms with van der Waals surface area (Å²) in [7, 11) is 0. The van der Waals surface area contributed by atoms with E-state index in [0.717, 1.165) is 5.69 Å². The summed E-state index contributed by atoms with van der Waals surface area (Å²) in [5, 5.41) is 1.74. The van der Waals surface area contributed by atoms with E-state index in [1.165, 1.54) is 0 Å². The van der Waals surface area contributed by atoms with E-state index in [0.29, 0.717) is 0 Å². The van der Waals surface area contributed by atoms with E-state index in [1.54, 1.807) is 11.2 Å². The normalized spacial score (nSPS) is 15.1. The van der Waals surface area contributed by atoms with Crippen molar-refractivity contribution in [3.8, 4) is 0 Å². The average molecular weight is 147 g/mol. The van der Waals surface area contributed by atoms with Crippen LogP contribution in [-0.4, -0.2) is 0 Å². The Labute approximate surface area is 64.8 Å². The molecule has 0 aliphatic carbocycles. The maximum Gasteiger partial charge on any atom is 0.213 e. The fraction of sp³-hybridized carbons (Fsp3) is 0. The maximum atomic E-state index is 4.68. The molecule has 1 heterocycles. The van der Waals surface area contributed by atoms with Gasteiger partial charge < -0.3 is 4.84 Å². The number of hydrazine groups is 1. The molecular weight excluding hydrogens is 140 g/mol. The lowest BCUT2D eigenvalue weighted by Crippen LogP contribution is -2.26. The number of para-hydroxylation sites is 1. The molecule has 3 nitrogen and oxygen atoms in total. The zero-order valence-corrected chi connectivity index (χ0v) is 5.82. The van der Waals surface area contributed by atoms with Crippen molar-refractivity contribution in [3.63, 3.8) is 0 Å². The molecule has 1 aromatic rings. The predicted molar refractivity (Wildman–Crippen MR) is 41.0 cm³/mol. The van der Waals surface area contributed by atoms with Gasteiger partial charge >= 0.3 is 0 Å². The summed E-state index contributed by atoms with van der Waals surface area (Å²) in [6.45, 7) is 0. The minimum Gasteiger partial charge on any atom is -0.383 e. The van der Waals surface area contributed by atoms with Crippen molar-refractivity contribution < 1.29 is 4.84 Å². The molecule has 1 aliphatic heterocycles. The summed E-state index contributed by atoms with van der Waals surface area (Å²) in [5.41, 5.74) is 3.67. The number of anilines is 1. The molecule has 0 bridgehead atoms. The summed E-state index contributed by atoms with van der Waals surface area (Å²) >= 11 is 0. The number of nitrogens with one attached hydrogen (secondary N) is 1. The van der Waals surface area contributed by atoms with Crippen molar-refractivity contribution in [2.75, 3.05) is 5.01 Å². The van der Waals surface area contributed by atoms with Gasteiger partial charge in [-0.25, -0.2) is 5.01 Å². The minimum atomic E-state index is 1.03. The molecule has 11 heavy (non-hydrogen) atoms. The quantitative estimate of drug-likeness (QED) is 0.646. The average Bonchev–Trinajstić information content (AvgIpc) is 2.58. The molecule has 1 radical (unpaired) electrons. The van der Waals surface area contributed by atoms with Crippen LogP contribution in [0.25, 0.3) is 0 Å². The van der Waals surface area contributed by atoms with Crippen LogP contribution in [-0.2, 0) is 4.84 Å². The Morgan fingerprint density at radius 3 is 2.73 bits per heavy atom. The summed E-state index contributed by atoms with van der Waals surface area (Å²) in [5.74, 6) is 0. The fourth-order valence-electron chi connectivity index (χ4n) is 0.897. The van der Waals surface area contributed by atoms with E-state index >= 15 is 0 Å². The fourth-order valence-corrected chi connectivity index (χ4v) is 0.897. The topological polar surface area (TPSA) is 24.5 Å². The summed E-state index contributed by atoms with van der Waals surface area (Å²) < 4.78 is 0. The standard InChI is InChI=1S/C8H7N2O/c1-2-4-8(5-3-1)10-6-7-11-9-10/h1-6,9H. The van der Waals surface area contributed by atoms with Crippen LogP contribution in [0.4, 0.5) is 5.69 Å². The van der Waals surface area contributed by atoms with Crippen LogP contribution < -0.4 is 10.6 Å². The van der Waals surface area contributed by atoms with Crippen LogP contribution in [0.15, 0.2) is 36.5 Å².